The Bertz CT molecular complexity index is 378. The molecule has 1 aromatic rings. The van der Waals surface area contributed by atoms with E-state index in [2.05, 4.69) is 15.7 Å². The standard InChI is InChI=1S/C13H24N4O2/c1-11(5-7-18)8-15-13(19)14-6-3-4-12-9-16-17(2)10-12/h9-11,18H,3-8H2,1-2H3,(H2,14,15,19). The molecule has 1 unspecified atom stereocenters. The van der Waals surface area contributed by atoms with Gasteiger partial charge in [0.25, 0.3) is 0 Å². The van der Waals surface area contributed by atoms with Crippen molar-refractivity contribution in [3.63, 3.8) is 0 Å². The zero-order chi connectivity index (χ0) is 14.1. The number of nitrogens with one attached hydrogen (secondary N) is 2. The normalized spacial score (nSPS) is 12.2. The number of aliphatic hydroxyl groups is 1. The molecular formula is C13H24N4O2. The van der Waals surface area contributed by atoms with Gasteiger partial charge in [-0.2, -0.15) is 5.10 Å². The quantitative estimate of drug-likeness (QED) is 0.606. The van der Waals surface area contributed by atoms with Crippen molar-refractivity contribution in [2.45, 2.75) is 26.2 Å². The molecule has 0 aliphatic carbocycles. The molecule has 0 bridgehead atoms. The molecular weight excluding hydrogens is 244 g/mol. The summed E-state index contributed by atoms with van der Waals surface area (Å²) in [5, 5.41) is 18.5. The molecule has 6 heteroatoms. The number of urea groups is 1. The second-order valence-corrected chi connectivity index (χ2v) is 4.88. The number of rotatable bonds is 8. The van der Waals surface area contributed by atoms with E-state index in [9.17, 15) is 4.79 Å². The van der Waals surface area contributed by atoms with E-state index < -0.39 is 0 Å². The Hall–Kier alpha value is -1.56. The van der Waals surface area contributed by atoms with E-state index in [0.717, 1.165) is 12.8 Å². The Morgan fingerprint density at radius 1 is 1.53 bits per heavy atom. The van der Waals surface area contributed by atoms with Crippen LogP contribution in [0.2, 0.25) is 0 Å². The third-order valence-corrected chi connectivity index (χ3v) is 2.92. The summed E-state index contributed by atoms with van der Waals surface area (Å²) in [6.07, 6.45) is 6.34. The lowest BCUT2D eigenvalue weighted by Crippen LogP contribution is -2.38. The van der Waals surface area contributed by atoms with Crippen LogP contribution in [-0.2, 0) is 13.5 Å². The highest BCUT2D eigenvalue weighted by molar-refractivity contribution is 5.73. The van der Waals surface area contributed by atoms with Gasteiger partial charge < -0.3 is 15.7 Å². The van der Waals surface area contributed by atoms with E-state index in [1.54, 1.807) is 4.68 Å². The van der Waals surface area contributed by atoms with Crippen molar-refractivity contribution in [2.24, 2.45) is 13.0 Å². The number of carbonyl (C=O) groups is 1. The molecule has 3 N–H and O–H groups in total. The van der Waals surface area contributed by atoms with E-state index in [-0.39, 0.29) is 12.6 Å². The summed E-state index contributed by atoms with van der Waals surface area (Å²) >= 11 is 0. The SMILES string of the molecule is CC(CCO)CNC(=O)NCCCc1cnn(C)c1. The lowest BCUT2D eigenvalue weighted by Gasteiger charge is -2.11. The van der Waals surface area contributed by atoms with E-state index in [0.29, 0.717) is 25.4 Å². The Morgan fingerprint density at radius 3 is 2.95 bits per heavy atom. The van der Waals surface area contributed by atoms with E-state index in [1.807, 2.05) is 26.4 Å². The first-order chi connectivity index (χ1) is 9.11. The molecule has 2 amide bonds. The molecule has 0 saturated heterocycles. The number of hydrogen-bond donors (Lipinski definition) is 3. The Morgan fingerprint density at radius 2 is 2.32 bits per heavy atom. The fraction of sp³-hybridized carbons (Fsp3) is 0.692. The summed E-state index contributed by atoms with van der Waals surface area (Å²) in [6, 6.07) is -0.143. The summed E-state index contributed by atoms with van der Waals surface area (Å²) in [5.74, 6) is 0.297. The van der Waals surface area contributed by atoms with Gasteiger partial charge in [-0.1, -0.05) is 6.92 Å². The van der Waals surface area contributed by atoms with Gasteiger partial charge in [-0.25, -0.2) is 4.79 Å². The molecule has 6 nitrogen and oxygen atoms in total. The van der Waals surface area contributed by atoms with Crippen LogP contribution >= 0.6 is 0 Å². The highest BCUT2D eigenvalue weighted by Crippen LogP contribution is 2.00. The predicted molar refractivity (Wildman–Crippen MR) is 73.8 cm³/mol. The fourth-order valence-electron chi connectivity index (χ4n) is 1.75. The van der Waals surface area contributed by atoms with Crippen LogP contribution in [0.15, 0.2) is 12.4 Å². The van der Waals surface area contributed by atoms with Crippen molar-refractivity contribution in [1.82, 2.24) is 20.4 Å². The average molecular weight is 268 g/mol. The highest BCUT2D eigenvalue weighted by atomic mass is 16.3. The summed E-state index contributed by atoms with van der Waals surface area (Å²) in [5.41, 5.74) is 1.18. The molecule has 1 heterocycles. The number of carbonyl (C=O) groups excluding carboxylic acids is 1. The van der Waals surface area contributed by atoms with Gasteiger partial charge in [0, 0.05) is 32.9 Å². The second-order valence-electron chi connectivity index (χ2n) is 4.88. The molecule has 19 heavy (non-hydrogen) atoms. The number of aromatic nitrogens is 2. The van der Waals surface area contributed by atoms with Crippen molar-refractivity contribution in [1.29, 1.82) is 0 Å². The molecule has 0 fully saturated rings. The number of nitrogens with zero attached hydrogens (tertiary/aromatic N) is 2. The number of aliphatic hydroxyl groups excluding tert-OH is 1. The first-order valence-corrected chi connectivity index (χ1v) is 6.72. The first-order valence-electron chi connectivity index (χ1n) is 6.72. The molecule has 0 radical (unpaired) electrons. The van der Waals surface area contributed by atoms with E-state index >= 15 is 0 Å². The van der Waals surface area contributed by atoms with Crippen molar-refractivity contribution >= 4 is 6.03 Å². The molecule has 1 atom stereocenters. The number of hydrogen-bond acceptors (Lipinski definition) is 3. The Labute approximate surface area is 114 Å². The summed E-state index contributed by atoms with van der Waals surface area (Å²) in [6.45, 7) is 3.40. The van der Waals surface area contributed by atoms with Gasteiger partial charge in [-0.3, -0.25) is 4.68 Å². The van der Waals surface area contributed by atoms with Gasteiger partial charge in [-0.05, 0) is 30.7 Å². The molecule has 0 aliphatic rings. The minimum Gasteiger partial charge on any atom is -0.396 e. The molecule has 0 aromatic carbocycles. The smallest absolute Gasteiger partial charge is 0.314 e. The van der Waals surface area contributed by atoms with Crippen LogP contribution in [0.4, 0.5) is 4.79 Å². The van der Waals surface area contributed by atoms with E-state index in [1.165, 1.54) is 5.56 Å². The van der Waals surface area contributed by atoms with Crippen LogP contribution in [0.5, 0.6) is 0 Å². The van der Waals surface area contributed by atoms with Crippen LogP contribution in [0, 0.1) is 5.92 Å². The van der Waals surface area contributed by atoms with Gasteiger partial charge in [0.15, 0.2) is 0 Å². The van der Waals surface area contributed by atoms with Gasteiger partial charge >= 0.3 is 6.03 Å². The minimum atomic E-state index is -0.143. The topological polar surface area (TPSA) is 79.2 Å². The van der Waals surface area contributed by atoms with Gasteiger partial charge in [0.1, 0.15) is 0 Å². The molecule has 0 saturated carbocycles. The lowest BCUT2D eigenvalue weighted by molar-refractivity contribution is 0.234. The monoisotopic (exact) mass is 268 g/mol. The lowest BCUT2D eigenvalue weighted by atomic mass is 10.1. The van der Waals surface area contributed by atoms with Crippen molar-refractivity contribution < 1.29 is 9.90 Å². The zero-order valence-corrected chi connectivity index (χ0v) is 11.7. The van der Waals surface area contributed by atoms with Crippen LogP contribution < -0.4 is 10.6 Å². The molecule has 1 aromatic heterocycles. The van der Waals surface area contributed by atoms with Gasteiger partial charge in [0.05, 0.1) is 6.20 Å². The maximum atomic E-state index is 11.5. The third-order valence-electron chi connectivity index (χ3n) is 2.92. The predicted octanol–water partition coefficient (Wildman–Crippen LogP) is 0.670. The summed E-state index contributed by atoms with van der Waals surface area (Å²) < 4.78 is 1.78. The highest BCUT2D eigenvalue weighted by Gasteiger charge is 2.04. The summed E-state index contributed by atoms with van der Waals surface area (Å²) in [4.78, 5) is 11.5. The number of amides is 2. The maximum Gasteiger partial charge on any atom is 0.314 e. The molecule has 1 rings (SSSR count). The maximum absolute atomic E-state index is 11.5. The molecule has 0 aliphatic heterocycles. The average Bonchev–Trinajstić information content (AvgIpc) is 2.78. The van der Waals surface area contributed by atoms with Gasteiger partial charge in [0.2, 0.25) is 0 Å². The Balaban J connectivity index is 2.04. The third kappa shape index (κ3) is 6.81. The van der Waals surface area contributed by atoms with Crippen molar-refractivity contribution in [3.8, 4) is 0 Å². The van der Waals surface area contributed by atoms with Crippen LogP contribution in [0.25, 0.3) is 0 Å². The van der Waals surface area contributed by atoms with Crippen molar-refractivity contribution in [3.05, 3.63) is 18.0 Å². The van der Waals surface area contributed by atoms with Crippen LogP contribution in [0.1, 0.15) is 25.3 Å². The van der Waals surface area contributed by atoms with Crippen LogP contribution in [0.3, 0.4) is 0 Å². The van der Waals surface area contributed by atoms with E-state index in [4.69, 9.17) is 5.11 Å². The fourth-order valence-corrected chi connectivity index (χ4v) is 1.75. The summed E-state index contributed by atoms with van der Waals surface area (Å²) in [7, 11) is 1.89. The number of aryl methyl sites for hydroxylation is 2. The van der Waals surface area contributed by atoms with Gasteiger partial charge in [-0.15, -0.1) is 0 Å². The van der Waals surface area contributed by atoms with Crippen molar-refractivity contribution in [2.75, 3.05) is 19.7 Å². The largest absolute Gasteiger partial charge is 0.396 e. The Kier molecular flexibility index (Phi) is 6.95. The first kappa shape index (κ1) is 15.5. The molecule has 0 spiro atoms. The van der Waals surface area contributed by atoms with Crippen LogP contribution in [-0.4, -0.2) is 40.6 Å². The zero-order valence-electron chi connectivity index (χ0n) is 11.7. The second kappa shape index (κ2) is 8.53. The minimum absolute atomic E-state index is 0.143. The molecule has 108 valence electrons.